The van der Waals surface area contributed by atoms with Crippen LogP contribution in [0, 0.1) is 6.92 Å². The molecule has 7 heteroatoms. The van der Waals surface area contributed by atoms with Gasteiger partial charge in [-0.25, -0.2) is 0 Å². The zero-order chi connectivity index (χ0) is 18.5. The molecule has 1 aliphatic heterocycles. The lowest BCUT2D eigenvalue weighted by Gasteiger charge is -2.13. The van der Waals surface area contributed by atoms with Crippen molar-refractivity contribution in [3.63, 3.8) is 0 Å². The molecule has 6 nitrogen and oxygen atoms in total. The highest BCUT2D eigenvalue weighted by atomic mass is 32.2. The quantitative estimate of drug-likeness (QED) is 0.665. The van der Waals surface area contributed by atoms with E-state index in [9.17, 15) is 18.0 Å². The minimum atomic E-state index is -4.31. The molecular formula is C19H13NO5S. The van der Waals surface area contributed by atoms with Crippen molar-refractivity contribution < 1.29 is 22.3 Å². The predicted molar refractivity (Wildman–Crippen MR) is 93.9 cm³/mol. The van der Waals surface area contributed by atoms with Gasteiger partial charge in [0.05, 0.1) is 16.0 Å². The van der Waals surface area contributed by atoms with Crippen molar-refractivity contribution in [3.05, 3.63) is 77.4 Å². The van der Waals surface area contributed by atoms with Gasteiger partial charge in [-0.15, -0.1) is 9.35 Å². The van der Waals surface area contributed by atoms with Gasteiger partial charge in [0, 0.05) is 0 Å². The summed E-state index contributed by atoms with van der Waals surface area (Å²) in [5.41, 5.74) is 1.11. The monoisotopic (exact) mass is 367 g/mol. The van der Waals surface area contributed by atoms with Gasteiger partial charge in [-0.05, 0) is 42.0 Å². The summed E-state index contributed by atoms with van der Waals surface area (Å²) in [6.45, 7) is 1.81. The topological polar surface area (TPSA) is 80.8 Å². The summed E-state index contributed by atoms with van der Waals surface area (Å²) in [6.07, 6.45) is 0. The molecule has 0 N–H and O–H groups in total. The summed E-state index contributed by atoms with van der Waals surface area (Å²) in [5.74, 6) is -1.60. The number of amides is 2. The number of carbonyl (C=O) groups is 2. The van der Waals surface area contributed by atoms with Crippen LogP contribution in [0.15, 0.2) is 65.6 Å². The number of hydrogen-bond donors (Lipinski definition) is 0. The number of imide groups is 1. The van der Waals surface area contributed by atoms with Gasteiger partial charge in [0.25, 0.3) is 11.8 Å². The van der Waals surface area contributed by atoms with Crippen LogP contribution < -0.4 is 0 Å². The molecule has 0 spiro atoms. The Morgan fingerprint density at radius 1 is 0.808 bits per heavy atom. The third-order valence-electron chi connectivity index (χ3n) is 4.20. The van der Waals surface area contributed by atoms with Crippen molar-refractivity contribution in [2.75, 3.05) is 0 Å². The Balaban J connectivity index is 1.72. The average Bonchev–Trinajstić information content (AvgIpc) is 2.85. The molecule has 0 saturated heterocycles. The zero-order valence-corrected chi connectivity index (χ0v) is 14.5. The van der Waals surface area contributed by atoms with Gasteiger partial charge in [0.2, 0.25) is 0 Å². The minimum Gasteiger partial charge on any atom is -0.266 e. The summed E-state index contributed by atoms with van der Waals surface area (Å²) in [6, 6.07) is 16.3. The molecule has 0 aliphatic carbocycles. The average molecular weight is 367 g/mol. The molecule has 130 valence electrons. The Morgan fingerprint density at radius 2 is 1.31 bits per heavy atom. The lowest BCUT2D eigenvalue weighted by molar-refractivity contribution is -0.0103. The van der Waals surface area contributed by atoms with Gasteiger partial charge in [-0.1, -0.05) is 42.0 Å². The highest BCUT2D eigenvalue weighted by Gasteiger charge is 2.40. The predicted octanol–water partition coefficient (Wildman–Crippen LogP) is 3.06. The fraction of sp³-hybridized carbons (Fsp3) is 0.0526. The fourth-order valence-corrected chi connectivity index (χ4v) is 3.71. The highest BCUT2D eigenvalue weighted by Crippen LogP contribution is 2.29. The van der Waals surface area contributed by atoms with Gasteiger partial charge in [0.1, 0.15) is 0 Å². The summed E-state index contributed by atoms with van der Waals surface area (Å²) in [4.78, 5) is 24.9. The number of hydroxylamine groups is 2. The van der Waals surface area contributed by atoms with Crippen LogP contribution in [0.4, 0.5) is 0 Å². The van der Waals surface area contributed by atoms with E-state index in [1.54, 1.807) is 36.4 Å². The first-order valence-electron chi connectivity index (χ1n) is 7.80. The van der Waals surface area contributed by atoms with E-state index in [1.807, 2.05) is 19.1 Å². The fourth-order valence-electron chi connectivity index (χ4n) is 2.82. The maximum Gasteiger partial charge on any atom is 0.318 e. The Kier molecular flexibility index (Phi) is 3.64. The number of aryl methyl sites for hydroxylation is 1. The van der Waals surface area contributed by atoms with Crippen LogP contribution in [0.5, 0.6) is 0 Å². The molecule has 0 unspecified atom stereocenters. The molecule has 0 radical (unpaired) electrons. The van der Waals surface area contributed by atoms with Gasteiger partial charge < -0.3 is 0 Å². The van der Waals surface area contributed by atoms with Gasteiger partial charge in [-0.3, -0.25) is 9.59 Å². The largest absolute Gasteiger partial charge is 0.318 e. The SMILES string of the molecule is Cc1ccc(S(=O)(=O)ON2C(=O)c3cc4ccccc4cc3C2=O)cc1. The molecule has 0 aromatic heterocycles. The van der Waals surface area contributed by atoms with Gasteiger partial charge in [-0.2, -0.15) is 8.42 Å². The van der Waals surface area contributed by atoms with Gasteiger partial charge in [0.15, 0.2) is 0 Å². The third kappa shape index (κ3) is 2.58. The minimum absolute atomic E-state index is 0.118. The highest BCUT2D eigenvalue weighted by molar-refractivity contribution is 7.86. The number of carbonyl (C=O) groups excluding carboxylic acids is 2. The standard InChI is InChI=1S/C19H13NO5S/c1-12-6-8-15(9-7-12)26(23,24)25-20-18(21)16-10-13-4-2-3-5-14(13)11-17(16)19(20)22/h2-11H,1H3. The normalized spacial score (nSPS) is 14.1. The second kappa shape index (κ2) is 5.76. The molecule has 3 aromatic rings. The smallest absolute Gasteiger partial charge is 0.266 e. The second-order valence-electron chi connectivity index (χ2n) is 5.99. The van der Waals surface area contributed by atoms with E-state index in [1.165, 1.54) is 12.1 Å². The number of rotatable bonds is 3. The third-order valence-corrected chi connectivity index (χ3v) is 5.39. The van der Waals surface area contributed by atoms with E-state index in [-0.39, 0.29) is 16.0 Å². The van der Waals surface area contributed by atoms with Crippen molar-refractivity contribution in [3.8, 4) is 0 Å². The zero-order valence-electron chi connectivity index (χ0n) is 13.7. The summed E-state index contributed by atoms with van der Waals surface area (Å²) >= 11 is 0. The first-order chi connectivity index (χ1) is 12.4. The van der Waals surface area contributed by atoms with Crippen LogP contribution in [0.2, 0.25) is 0 Å². The van der Waals surface area contributed by atoms with Crippen molar-refractivity contribution in [2.45, 2.75) is 11.8 Å². The van der Waals surface area contributed by atoms with E-state index in [2.05, 4.69) is 0 Å². The van der Waals surface area contributed by atoms with Gasteiger partial charge >= 0.3 is 10.1 Å². The van der Waals surface area contributed by atoms with Crippen molar-refractivity contribution >= 4 is 32.7 Å². The molecule has 0 fully saturated rings. The molecular weight excluding hydrogens is 354 g/mol. The number of benzene rings is 3. The van der Waals surface area contributed by atoms with E-state index < -0.39 is 21.9 Å². The van der Waals surface area contributed by atoms with Crippen LogP contribution in [0.3, 0.4) is 0 Å². The second-order valence-corrected chi connectivity index (χ2v) is 7.52. The maximum absolute atomic E-state index is 12.5. The first kappa shape index (κ1) is 16.4. The van der Waals surface area contributed by atoms with E-state index in [4.69, 9.17) is 4.28 Å². The molecule has 0 bridgehead atoms. The lowest BCUT2D eigenvalue weighted by Crippen LogP contribution is -2.32. The molecule has 0 atom stereocenters. The van der Waals surface area contributed by atoms with Crippen molar-refractivity contribution in [1.82, 2.24) is 5.06 Å². The van der Waals surface area contributed by atoms with E-state index in [0.29, 0.717) is 5.06 Å². The molecule has 4 rings (SSSR count). The van der Waals surface area contributed by atoms with Crippen LogP contribution in [-0.4, -0.2) is 25.3 Å². The summed E-state index contributed by atoms with van der Waals surface area (Å²) < 4.78 is 29.7. The number of hydrogen-bond acceptors (Lipinski definition) is 5. The van der Waals surface area contributed by atoms with Crippen LogP contribution in [0.1, 0.15) is 26.3 Å². The lowest BCUT2D eigenvalue weighted by atomic mass is 10.0. The van der Waals surface area contributed by atoms with Crippen molar-refractivity contribution in [1.29, 1.82) is 0 Å². The molecule has 26 heavy (non-hydrogen) atoms. The van der Waals surface area contributed by atoms with Crippen LogP contribution >= 0.6 is 0 Å². The molecule has 1 aliphatic rings. The molecule has 1 heterocycles. The Labute approximate surface area is 149 Å². The van der Waals surface area contributed by atoms with Crippen LogP contribution in [-0.2, 0) is 14.4 Å². The summed E-state index contributed by atoms with van der Waals surface area (Å²) in [5, 5.41) is 1.85. The van der Waals surface area contributed by atoms with E-state index in [0.717, 1.165) is 16.3 Å². The first-order valence-corrected chi connectivity index (χ1v) is 9.20. The number of nitrogens with zero attached hydrogens (tertiary/aromatic N) is 1. The van der Waals surface area contributed by atoms with Crippen molar-refractivity contribution in [2.24, 2.45) is 0 Å². The number of fused-ring (bicyclic) bond motifs is 2. The van der Waals surface area contributed by atoms with Crippen LogP contribution in [0.25, 0.3) is 10.8 Å². The maximum atomic E-state index is 12.5. The molecule has 3 aromatic carbocycles. The Hall–Kier alpha value is -3.03. The Morgan fingerprint density at radius 3 is 1.81 bits per heavy atom. The Bertz CT molecular complexity index is 1110. The van der Waals surface area contributed by atoms with E-state index >= 15 is 0 Å². The molecule has 2 amide bonds. The summed E-state index contributed by atoms with van der Waals surface area (Å²) in [7, 11) is -4.31. The molecule has 0 saturated carbocycles.